The summed E-state index contributed by atoms with van der Waals surface area (Å²) in [6, 6.07) is 8.38. The minimum absolute atomic E-state index is 0.953. The molecule has 104 valence electrons. The summed E-state index contributed by atoms with van der Waals surface area (Å²) in [5.41, 5.74) is 6.35. The molecule has 0 atom stereocenters. The van der Waals surface area contributed by atoms with Gasteiger partial charge in [0, 0.05) is 11.8 Å². The minimum atomic E-state index is 0.953. The van der Waals surface area contributed by atoms with Crippen LogP contribution < -0.4 is 0 Å². The second-order valence-corrected chi connectivity index (χ2v) is 4.93. The van der Waals surface area contributed by atoms with E-state index >= 15 is 0 Å². The lowest BCUT2D eigenvalue weighted by molar-refractivity contribution is 1.36. The Kier molecular flexibility index (Phi) is 5.92. The number of rotatable bonds is 5. The van der Waals surface area contributed by atoms with E-state index in [1.807, 2.05) is 39.1 Å². The molecule has 0 heterocycles. The maximum absolute atomic E-state index is 4.51. The van der Waals surface area contributed by atoms with Crippen LogP contribution in [0, 0.1) is 6.92 Å². The van der Waals surface area contributed by atoms with Gasteiger partial charge in [-0.15, -0.1) is 0 Å². The first kappa shape index (κ1) is 15.9. The van der Waals surface area contributed by atoms with Crippen molar-refractivity contribution >= 4 is 11.9 Å². The average Bonchev–Trinajstić information content (AvgIpc) is 2.42. The summed E-state index contributed by atoms with van der Waals surface area (Å²) >= 11 is 0. The Hall–Kier alpha value is -2.15. The monoisotopic (exact) mass is 265 g/mol. The third-order valence-electron chi connectivity index (χ3n) is 2.99. The number of benzene rings is 1. The molecule has 1 aromatic carbocycles. The molecular weight excluding hydrogens is 242 g/mol. The lowest BCUT2D eigenvalue weighted by Crippen LogP contribution is -1.90. The minimum Gasteiger partial charge on any atom is -0.261 e. The van der Waals surface area contributed by atoms with E-state index in [2.05, 4.69) is 49.3 Å². The molecular formula is C19H23N. The zero-order chi connectivity index (χ0) is 15.1. The molecule has 20 heavy (non-hydrogen) atoms. The van der Waals surface area contributed by atoms with E-state index in [0.29, 0.717) is 0 Å². The highest BCUT2D eigenvalue weighted by atomic mass is 14.7. The summed E-state index contributed by atoms with van der Waals surface area (Å²) in [6.45, 7) is 16.0. The van der Waals surface area contributed by atoms with Crippen molar-refractivity contribution in [1.29, 1.82) is 0 Å². The van der Waals surface area contributed by atoms with Crippen LogP contribution in [0.15, 0.2) is 71.3 Å². The lowest BCUT2D eigenvalue weighted by Gasteiger charge is -2.09. The number of hydrogen-bond donors (Lipinski definition) is 0. The van der Waals surface area contributed by atoms with E-state index in [4.69, 9.17) is 0 Å². The highest BCUT2D eigenvalue weighted by Gasteiger charge is 2.05. The summed E-state index contributed by atoms with van der Waals surface area (Å²) in [5.74, 6) is 0. The summed E-state index contributed by atoms with van der Waals surface area (Å²) in [4.78, 5) is 4.51. The van der Waals surface area contributed by atoms with Gasteiger partial charge >= 0.3 is 0 Å². The fourth-order valence-electron chi connectivity index (χ4n) is 1.75. The standard InChI is InChI=1S/C19H23N/c1-7-20-19(18-12-9-15(4)10-13-18)17(6)16(5)11-8-14(2)3/h7-13H,2,5H2,1,3-4,6H3/b11-8-,19-17+,20-7-. The molecule has 1 rings (SSSR count). The Morgan fingerprint density at radius 1 is 1.05 bits per heavy atom. The molecule has 0 unspecified atom stereocenters. The predicted octanol–water partition coefficient (Wildman–Crippen LogP) is 5.51. The SMILES string of the molecule is C=C(C)/C=C\C(=C)/C(C)=C(/N=C\C)c1ccc(C)cc1. The fraction of sp³-hybridized carbons (Fsp3) is 0.211. The van der Waals surface area contributed by atoms with Gasteiger partial charge in [-0.25, -0.2) is 0 Å². The Labute approximate surface area is 122 Å². The molecule has 1 aromatic rings. The number of nitrogens with zero attached hydrogens (tertiary/aromatic N) is 1. The summed E-state index contributed by atoms with van der Waals surface area (Å²) in [5, 5.41) is 0. The second-order valence-electron chi connectivity index (χ2n) is 4.93. The van der Waals surface area contributed by atoms with Gasteiger partial charge in [-0.3, -0.25) is 4.99 Å². The molecule has 0 N–H and O–H groups in total. The maximum Gasteiger partial charge on any atom is 0.0732 e. The molecule has 0 aliphatic rings. The molecule has 0 aromatic heterocycles. The largest absolute Gasteiger partial charge is 0.261 e. The molecule has 0 aliphatic carbocycles. The molecule has 0 saturated carbocycles. The summed E-state index contributed by atoms with van der Waals surface area (Å²) < 4.78 is 0. The van der Waals surface area contributed by atoms with E-state index in [0.717, 1.165) is 28.0 Å². The molecule has 0 aliphatic heterocycles. The van der Waals surface area contributed by atoms with Crippen LogP contribution in [-0.2, 0) is 0 Å². The van der Waals surface area contributed by atoms with Crippen LogP contribution in [0.4, 0.5) is 0 Å². The third kappa shape index (κ3) is 4.51. The highest BCUT2D eigenvalue weighted by molar-refractivity contribution is 5.77. The van der Waals surface area contributed by atoms with Crippen LogP contribution in [0.2, 0.25) is 0 Å². The Morgan fingerprint density at radius 3 is 2.15 bits per heavy atom. The number of allylic oxidation sites excluding steroid dienone is 5. The number of aliphatic imine (C=N–C) groups is 1. The van der Waals surface area contributed by atoms with Gasteiger partial charge in [0.2, 0.25) is 0 Å². The number of hydrogen-bond acceptors (Lipinski definition) is 1. The maximum atomic E-state index is 4.51. The zero-order valence-corrected chi connectivity index (χ0v) is 12.9. The summed E-state index contributed by atoms with van der Waals surface area (Å²) in [7, 11) is 0. The van der Waals surface area contributed by atoms with Crippen molar-refractivity contribution in [1.82, 2.24) is 0 Å². The van der Waals surface area contributed by atoms with E-state index in [1.165, 1.54) is 5.56 Å². The van der Waals surface area contributed by atoms with Crippen molar-refractivity contribution in [2.24, 2.45) is 4.99 Å². The first-order valence-corrected chi connectivity index (χ1v) is 6.75. The van der Waals surface area contributed by atoms with Crippen LogP contribution in [0.25, 0.3) is 5.70 Å². The Balaban J connectivity index is 3.23. The van der Waals surface area contributed by atoms with Gasteiger partial charge in [-0.2, -0.15) is 0 Å². The molecule has 0 radical (unpaired) electrons. The topological polar surface area (TPSA) is 12.4 Å². The van der Waals surface area contributed by atoms with Crippen molar-refractivity contribution in [3.63, 3.8) is 0 Å². The third-order valence-corrected chi connectivity index (χ3v) is 2.99. The van der Waals surface area contributed by atoms with Crippen LogP contribution in [0.5, 0.6) is 0 Å². The van der Waals surface area contributed by atoms with Crippen LogP contribution in [0.1, 0.15) is 31.9 Å². The molecule has 0 amide bonds. The lowest BCUT2D eigenvalue weighted by atomic mass is 10.0. The van der Waals surface area contributed by atoms with Crippen molar-refractivity contribution < 1.29 is 0 Å². The molecule has 1 nitrogen and oxygen atoms in total. The smallest absolute Gasteiger partial charge is 0.0732 e. The van der Waals surface area contributed by atoms with Crippen molar-refractivity contribution in [3.8, 4) is 0 Å². The highest BCUT2D eigenvalue weighted by Crippen LogP contribution is 2.25. The summed E-state index contributed by atoms with van der Waals surface area (Å²) in [6.07, 6.45) is 5.76. The molecule has 1 heteroatoms. The van der Waals surface area contributed by atoms with Crippen molar-refractivity contribution in [2.45, 2.75) is 27.7 Å². The first-order chi connectivity index (χ1) is 9.45. The van der Waals surface area contributed by atoms with Crippen molar-refractivity contribution in [3.05, 3.63) is 77.4 Å². The average molecular weight is 265 g/mol. The molecule has 0 fully saturated rings. The normalized spacial score (nSPS) is 12.8. The van der Waals surface area contributed by atoms with Crippen LogP contribution in [-0.4, -0.2) is 6.21 Å². The van der Waals surface area contributed by atoms with Gasteiger partial charge in [0.25, 0.3) is 0 Å². The Morgan fingerprint density at radius 2 is 1.65 bits per heavy atom. The zero-order valence-electron chi connectivity index (χ0n) is 12.9. The molecule has 0 saturated heterocycles. The van der Waals surface area contributed by atoms with E-state index in [-0.39, 0.29) is 0 Å². The van der Waals surface area contributed by atoms with Crippen molar-refractivity contribution in [2.75, 3.05) is 0 Å². The van der Waals surface area contributed by atoms with Gasteiger partial charge in [-0.05, 0) is 38.8 Å². The van der Waals surface area contributed by atoms with Gasteiger partial charge in [0.05, 0.1) is 5.70 Å². The van der Waals surface area contributed by atoms with E-state index in [1.54, 1.807) is 0 Å². The van der Waals surface area contributed by atoms with E-state index in [9.17, 15) is 0 Å². The predicted molar refractivity (Wildman–Crippen MR) is 91.0 cm³/mol. The van der Waals surface area contributed by atoms with Gasteiger partial charge in [0.1, 0.15) is 0 Å². The van der Waals surface area contributed by atoms with E-state index < -0.39 is 0 Å². The van der Waals surface area contributed by atoms with Gasteiger partial charge in [0.15, 0.2) is 0 Å². The van der Waals surface area contributed by atoms with Gasteiger partial charge in [-0.1, -0.05) is 60.7 Å². The van der Waals surface area contributed by atoms with Crippen LogP contribution in [0.3, 0.4) is 0 Å². The second kappa shape index (κ2) is 7.44. The first-order valence-electron chi connectivity index (χ1n) is 6.75. The van der Waals surface area contributed by atoms with Gasteiger partial charge < -0.3 is 0 Å². The molecule has 0 bridgehead atoms. The van der Waals surface area contributed by atoms with Crippen LogP contribution >= 0.6 is 0 Å². The molecule has 0 spiro atoms. The Bertz CT molecular complexity index is 581. The quantitative estimate of drug-likeness (QED) is 0.492. The number of aryl methyl sites for hydroxylation is 1. The fourth-order valence-corrected chi connectivity index (χ4v) is 1.75.